The molecule has 2 aromatic carbocycles. The summed E-state index contributed by atoms with van der Waals surface area (Å²) in [7, 11) is 1.80. The van der Waals surface area contributed by atoms with Gasteiger partial charge in [0.1, 0.15) is 5.58 Å². The van der Waals surface area contributed by atoms with Crippen LogP contribution >= 0.6 is 15.9 Å². The van der Waals surface area contributed by atoms with E-state index in [9.17, 15) is 4.79 Å². The van der Waals surface area contributed by atoms with Gasteiger partial charge in [-0.2, -0.15) is 0 Å². The average molecular weight is 382 g/mol. The summed E-state index contributed by atoms with van der Waals surface area (Å²) >= 11 is 3.53. The molecule has 2 aromatic heterocycles. The van der Waals surface area contributed by atoms with E-state index in [1.54, 1.807) is 17.9 Å². The van der Waals surface area contributed by atoms with Gasteiger partial charge in [-0.25, -0.2) is 0 Å². The first kappa shape index (κ1) is 15.2. The molecule has 0 amide bonds. The molecule has 0 spiro atoms. The first-order chi connectivity index (χ1) is 11.5. The highest BCUT2D eigenvalue weighted by atomic mass is 79.9. The van der Waals surface area contributed by atoms with Crippen LogP contribution in [0, 0.1) is 13.8 Å². The standard InChI is InChI=1S/C20H16BrNO2/c1-11-10-24-19-12(2)18-15(9-14(11)19)16(13-7-5-4-6-8-13)17(21)20(23)22(18)3/h4-10H,1-3H3. The number of rotatable bonds is 1. The van der Waals surface area contributed by atoms with Crippen molar-refractivity contribution in [1.82, 2.24) is 4.57 Å². The van der Waals surface area contributed by atoms with Crippen LogP contribution in [-0.4, -0.2) is 4.57 Å². The smallest absolute Gasteiger partial charge is 0.265 e. The number of nitrogens with zero attached hydrogens (tertiary/aromatic N) is 1. The van der Waals surface area contributed by atoms with Crippen LogP contribution in [0.1, 0.15) is 11.1 Å². The van der Waals surface area contributed by atoms with Gasteiger partial charge in [-0.1, -0.05) is 30.3 Å². The maximum Gasteiger partial charge on any atom is 0.265 e. The predicted octanol–water partition coefficient (Wildman–Crippen LogP) is 5.33. The Morgan fingerprint density at radius 3 is 2.50 bits per heavy atom. The molecule has 4 rings (SSSR count). The van der Waals surface area contributed by atoms with Gasteiger partial charge in [0, 0.05) is 28.9 Å². The van der Waals surface area contributed by atoms with Gasteiger partial charge in [-0.05, 0) is 47.0 Å². The van der Waals surface area contributed by atoms with Crippen LogP contribution in [0.15, 0.2) is 56.3 Å². The second-order valence-corrected chi connectivity index (χ2v) is 6.91. The van der Waals surface area contributed by atoms with Crippen molar-refractivity contribution < 1.29 is 4.42 Å². The number of halogens is 1. The largest absolute Gasteiger partial charge is 0.464 e. The third-order valence-electron chi connectivity index (χ3n) is 4.64. The highest BCUT2D eigenvalue weighted by Gasteiger charge is 2.19. The van der Waals surface area contributed by atoms with Gasteiger partial charge >= 0.3 is 0 Å². The van der Waals surface area contributed by atoms with Crippen molar-refractivity contribution in [2.75, 3.05) is 0 Å². The molecule has 0 aliphatic heterocycles. The minimum Gasteiger partial charge on any atom is -0.464 e. The Morgan fingerprint density at radius 1 is 1.08 bits per heavy atom. The zero-order chi connectivity index (χ0) is 17.0. The second kappa shape index (κ2) is 5.35. The number of benzene rings is 2. The number of furan rings is 1. The van der Waals surface area contributed by atoms with Crippen molar-refractivity contribution >= 4 is 37.8 Å². The molecule has 4 aromatic rings. The number of pyridine rings is 1. The molecule has 3 nitrogen and oxygen atoms in total. The Labute approximate surface area is 147 Å². The SMILES string of the molecule is Cc1coc2c(C)c3c(cc12)c(-c1ccccc1)c(Br)c(=O)n3C. The van der Waals surface area contributed by atoms with Crippen LogP contribution in [0.2, 0.25) is 0 Å². The molecule has 0 radical (unpaired) electrons. The minimum atomic E-state index is -0.0490. The van der Waals surface area contributed by atoms with E-state index >= 15 is 0 Å². The molecule has 120 valence electrons. The lowest BCUT2D eigenvalue weighted by Crippen LogP contribution is -2.19. The number of fused-ring (bicyclic) bond motifs is 2. The zero-order valence-electron chi connectivity index (χ0n) is 13.7. The molecule has 0 saturated carbocycles. The molecule has 0 unspecified atom stereocenters. The Morgan fingerprint density at radius 2 is 1.79 bits per heavy atom. The summed E-state index contributed by atoms with van der Waals surface area (Å²) < 4.78 is 8.01. The molecule has 4 heteroatoms. The molecule has 2 heterocycles. The Kier molecular flexibility index (Phi) is 3.39. The number of hydrogen-bond acceptors (Lipinski definition) is 2. The molecule has 0 saturated heterocycles. The van der Waals surface area contributed by atoms with E-state index in [4.69, 9.17) is 4.42 Å². The van der Waals surface area contributed by atoms with Gasteiger partial charge in [0.05, 0.1) is 16.3 Å². The van der Waals surface area contributed by atoms with Crippen molar-refractivity contribution in [1.29, 1.82) is 0 Å². The quantitative estimate of drug-likeness (QED) is 0.446. The van der Waals surface area contributed by atoms with Crippen molar-refractivity contribution in [3.63, 3.8) is 0 Å². The van der Waals surface area contributed by atoms with Crippen molar-refractivity contribution in [2.45, 2.75) is 13.8 Å². The van der Waals surface area contributed by atoms with Crippen LogP contribution in [0.5, 0.6) is 0 Å². The maximum atomic E-state index is 12.8. The molecule has 0 N–H and O–H groups in total. The van der Waals surface area contributed by atoms with E-state index < -0.39 is 0 Å². The molecule has 24 heavy (non-hydrogen) atoms. The minimum absolute atomic E-state index is 0.0490. The predicted molar refractivity (Wildman–Crippen MR) is 102 cm³/mol. The van der Waals surface area contributed by atoms with Gasteiger partial charge in [-0.3, -0.25) is 4.79 Å². The summed E-state index contributed by atoms with van der Waals surface area (Å²) in [5.41, 5.74) is 5.73. The number of hydrogen-bond donors (Lipinski definition) is 0. The van der Waals surface area contributed by atoms with Gasteiger partial charge in [0.25, 0.3) is 5.56 Å². The van der Waals surface area contributed by atoms with E-state index in [0.29, 0.717) is 4.47 Å². The summed E-state index contributed by atoms with van der Waals surface area (Å²) in [6.07, 6.45) is 1.77. The summed E-state index contributed by atoms with van der Waals surface area (Å²) in [6, 6.07) is 12.1. The molecular weight excluding hydrogens is 366 g/mol. The van der Waals surface area contributed by atoms with Crippen LogP contribution in [0.4, 0.5) is 0 Å². The van der Waals surface area contributed by atoms with Gasteiger partial charge in [0.2, 0.25) is 0 Å². The fraction of sp³-hybridized carbons (Fsp3) is 0.150. The van der Waals surface area contributed by atoms with Crippen LogP contribution < -0.4 is 5.56 Å². The lowest BCUT2D eigenvalue weighted by Gasteiger charge is -2.15. The fourth-order valence-corrected chi connectivity index (χ4v) is 4.14. The van der Waals surface area contributed by atoms with E-state index in [-0.39, 0.29) is 5.56 Å². The highest BCUT2D eigenvalue weighted by Crippen LogP contribution is 2.38. The summed E-state index contributed by atoms with van der Waals surface area (Å²) in [5.74, 6) is 0. The van der Waals surface area contributed by atoms with E-state index in [2.05, 4.69) is 22.0 Å². The maximum absolute atomic E-state index is 12.8. The summed E-state index contributed by atoms with van der Waals surface area (Å²) in [5, 5.41) is 2.13. The molecule has 0 aliphatic carbocycles. The van der Waals surface area contributed by atoms with Crippen molar-refractivity contribution in [2.24, 2.45) is 7.05 Å². The van der Waals surface area contributed by atoms with Crippen molar-refractivity contribution in [3.8, 4) is 11.1 Å². The Balaban J connectivity index is 2.31. The van der Waals surface area contributed by atoms with E-state index in [1.165, 1.54) is 0 Å². The summed E-state index contributed by atoms with van der Waals surface area (Å²) in [4.78, 5) is 12.8. The zero-order valence-corrected chi connectivity index (χ0v) is 15.3. The average Bonchev–Trinajstić information content (AvgIpc) is 2.95. The van der Waals surface area contributed by atoms with Crippen LogP contribution in [-0.2, 0) is 7.05 Å². The van der Waals surface area contributed by atoms with Gasteiger partial charge in [-0.15, -0.1) is 0 Å². The lowest BCUT2D eigenvalue weighted by atomic mass is 9.97. The normalized spacial score (nSPS) is 11.5. The number of aryl methyl sites for hydroxylation is 3. The van der Waals surface area contributed by atoms with Crippen molar-refractivity contribution in [3.05, 3.63) is 68.6 Å². The lowest BCUT2D eigenvalue weighted by molar-refractivity contribution is 0.610. The van der Waals surface area contributed by atoms with Gasteiger partial charge < -0.3 is 8.98 Å². The van der Waals surface area contributed by atoms with Crippen LogP contribution in [0.25, 0.3) is 33.0 Å². The molecule has 0 atom stereocenters. The summed E-state index contributed by atoms with van der Waals surface area (Å²) in [6.45, 7) is 4.05. The van der Waals surface area contributed by atoms with Crippen LogP contribution in [0.3, 0.4) is 0 Å². The molecule has 0 bridgehead atoms. The van der Waals surface area contributed by atoms with E-state index in [0.717, 1.165) is 44.1 Å². The number of aromatic nitrogens is 1. The van der Waals surface area contributed by atoms with E-state index in [1.807, 2.05) is 44.2 Å². The molecular formula is C20H16BrNO2. The molecule has 0 aliphatic rings. The molecule has 0 fully saturated rings. The highest BCUT2D eigenvalue weighted by molar-refractivity contribution is 9.10. The Bertz CT molecular complexity index is 1150. The monoisotopic (exact) mass is 381 g/mol. The third-order valence-corrected chi connectivity index (χ3v) is 5.38. The topological polar surface area (TPSA) is 35.1 Å². The first-order valence-corrected chi connectivity index (χ1v) is 8.55. The van der Waals surface area contributed by atoms with Gasteiger partial charge in [0.15, 0.2) is 0 Å². The second-order valence-electron chi connectivity index (χ2n) is 6.11. The fourth-order valence-electron chi connectivity index (χ4n) is 3.43. The Hall–Kier alpha value is -2.33. The third kappa shape index (κ3) is 1.99. The first-order valence-electron chi connectivity index (χ1n) is 7.75.